The molecule has 0 bridgehead atoms. The number of amides is 1. The number of hydrogen-bond acceptors (Lipinski definition) is 6. The van der Waals surface area contributed by atoms with Gasteiger partial charge in [0.2, 0.25) is 5.91 Å². The third-order valence-electron chi connectivity index (χ3n) is 5.40. The van der Waals surface area contributed by atoms with Gasteiger partial charge in [0.05, 0.1) is 26.2 Å². The van der Waals surface area contributed by atoms with E-state index in [0.717, 1.165) is 27.7 Å². The fourth-order valence-corrected chi connectivity index (χ4v) is 3.87. The van der Waals surface area contributed by atoms with E-state index in [2.05, 4.69) is 20.6 Å². The number of H-pyrrole nitrogens is 1. The van der Waals surface area contributed by atoms with Crippen LogP contribution in [0.4, 0.5) is 11.5 Å². The lowest BCUT2D eigenvalue weighted by Gasteiger charge is -2.11. The molecule has 0 aliphatic heterocycles. The first-order valence-electron chi connectivity index (χ1n) is 10.9. The fraction of sp³-hybridized carbons (Fsp3) is 0.192. The minimum atomic E-state index is -0.0248. The Labute approximate surface area is 203 Å². The number of fused-ring (bicyclic) bond motifs is 1. The summed E-state index contributed by atoms with van der Waals surface area (Å²) in [7, 11) is 3.22. The molecule has 0 radical (unpaired) electrons. The molecule has 0 aliphatic carbocycles. The summed E-state index contributed by atoms with van der Waals surface area (Å²) in [6.45, 7) is 0.543. The number of aromatic nitrogens is 2. The van der Waals surface area contributed by atoms with E-state index < -0.39 is 0 Å². The van der Waals surface area contributed by atoms with Crippen LogP contribution in [-0.2, 0) is 17.6 Å². The third kappa shape index (κ3) is 5.71. The largest absolute Gasteiger partial charge is 0.493 e. The van der Waals surface area contributed by atoms with Crippen molar-refractivity contribution in [1.29, 1.82) is 0 Å². The van der Waals surface area contributed by atoms with Crippen LogP contribution >= 0.6 is 12.2 Å². The Morgan fingerprint density at radius 2 is 1.71 bits per heavy atom. The molecule has 0 saturated heterocycles. The van der Waals surface area contributed by atoms with Gasteiger partial charge >= 0.3 is 0 Å². The number of para-hydroxylation sites is 1. The molecule has 0 atom stereocenters. The maximum atomic E-state index is 12.4. The lowest BCUT2D eigenvalue weighted by Crippen LogP contribution is -2.27. The summed E-state index contributed by atoms with van der Waals surface area (Å²) in [6.07, 6.45) is 1.01. The maximum absolute atomic E-state index is 12.4. The number of carbonyl (C=O) groups excluding carboxylic acids is 1. The van der Waals surface area contributed by atoms with Crippen molar-refractivity contribution in [2.45, 2.75) is 12.8 Å². The number of nitrogens with zero attached hydrogens (tertiary/aromatic N) is 1. The Morgan fingerprint density at radius 1 is 0.971 bits per heavy atom. The highest BCUT2D eigenvalue weighted by Gasteiger charge is 2.08. The fourth-order valence-electron chi connectivity index (χ4n) is 3.67. The standard InChI is InChI=1S/C26H26N4O3S/c1-32-22-12-9-18(15-23(22)33-2)13-14-27-24(31)16-17-7-10-19(11-8-17)28-25-20-5-3-4-6-21(20)29-26(34)30-25/h3-12,15H,13-14,16H2,1-2H3,(H,27,31)(H2,28,29,30,34). The molecule has 0 aliphatic rings. The van der Waals surface area contributed by atoms with Crippen LogP contribution in [0.15, 0.2) is 66.7 Å². The van der Waals surface area contributed by atoms with Crippen molar-refractivity contribution in [3.05, 3.63) is 82.6 Å². The molecule has 4 aromatic rings. The molecule has 4 rings (SSSR count). The van der Waals surface area contributed by atoms with Crippen molar-refractivity contribution in [2.75, 3.05) is 26.1 Å². The quantitative estimate of drug-likeness (QED) is 0.297. The zero-order valence-corrected chi connectivity index (χ0v) is 19.9. The van der Waals surface area contributed by atoms with Crippen LogP contribution in [0.2, 0.25) is 0 Å². The summed E-state index contributed by atoms with van der Waals surface area (Å²) in [5, 5.41) is 7.25. The monoisotopic (exact) mass is 474 g/mol. The highest BCUT2D eigenvalue weighted by atomic mass is 32.1. The molecule has 174 valence electrons. The summed E-state index contributed by atoms with van der Waals surface area (Å²) in [4.78, 5) is 19.9. The Balaban J connectivity index is 1.32. The molecule has 0 saturated carbocycles. The predicted molar refractivity (Wildman–Crippen MR) is 137 cm³/mol. The van der Waals surface area contributed by atoms with Gasteiger partial charge in [0.1, 0.15) is 5.82 Å². The normalized spacial score (nSPS) is 10.6. The first-order chi connectivity index (χ1) is 16.6. The SMILES string of the molecule is COc1ccc(CCNC(=O)Cc2ccc(Nc3nc(=S)[nH]c4ccccc34)cc2)cc1OC. The highest BCUT2D eigenvalue weighted by molar-refractivity contribution is 7.71. The molecule has 1 heterocycles. The number of methoxy groups -OCH3 is 2. The van der Waals surface area contributed by atoms with E-state index in [-0.39, 0.29) is 5.91 Å². The molecular formula is C26H26N4O3S. The highest BCUT2D eigenvalue weighted by Crippen LogP contribution is 2.27. The first kappa shape index (κ1) is 23.3. The Hall–Kier alpha value is -3.91. The van der Waals surface area contributed by atoms with Crippen LogP contribution in [0.5, 0.6) is 11.5 Å². The lowest BCUT2D eigenvalue weighted by molar-refractivity contribution is -0.120. The van der Waals surface area contributed by atoms with E-state index in [9.17, 15) is 4.79 Å². The molecule has 0 spiro atoms. The Morgan fingerprint density at radius 3 is 2.47 bits per heavy atom. The van der Waals surface area contributed by atoms with E-state index in [1.165, 1.54) is 0 Å². The Bertz CT molecular complexity index is 1350. The number of ether oxygens (including phenoxy) is 2. The minimum absolute atomic E-state index is 0.0248. The van der Waals surface area contributed by atoms with E-state index in [4.69, 9.17) is 21.7 Å². The van der Waals surface area contributed by atoms with E-state index in [0.29, 0.717) is 41.5 Å². The van der Waals surface area contributed by atoms with Crippen molar-refractivity contribution in [1.82, 2.24) is 15.3 Å². The number of nitrogens with one attached hydrogen (secondary N) is 3. The number of aromatic amines is 1. The van der Waals surface area contributed by atoms with Gasteiger partial charge in [0, 0.05) is 17.6 Å². The second kappa shape index (κ2) is 10.8. The van der Waals surface area contributed by atoms with Crippen LogP contribution in [-0.4, -0.2) is 36.6 Å². The number of rotatable bonds is 9. The van der Waals surface area contributed by atoms with Gasteiger partial charge < -0.3 is 25.1 Å². The third-order valence-corrected chi connectivity index (χ3v) is 5.60. The van der Waals surface area contributed by atoms with Gasteiger partial charge in [0.15, 0.2) is 16.3 Å². The molecule has 0 fully saturated rings. The van der Waals surface area contributed by atoms with Gasteiger partial charge in [-0.05, 0) is 66.2 Å². The molecular weight excluding hydrogens is 448 g/mol. The van der Waals surface area contributed by atoms with Crippen LogP contribution < -0.4 is 20.1 Å². The number of carbonyl (C=O) groups is 1. The van der Waals surface area contributed by atoms with Crippen LogP contribution in [0, 0.1) is 4.77 Å². The van der Waals surface area contributed by atoms with Crippen molar-refractivity contribution in [3.8, 4) is 11.5 Å². The van der Waals surface area contributed by atoms with Crippen LogP contribution in [0.1, 0.15) is 11.1 Å². The summed E-state index contributed by atoms with van der Waals surface area (Å²) in [5.74, 6) is 2.04. The van der Waals surface area contributed by atoms with E-state index >= 15 is 0 Å². The predicted octanol–water partition coefficient (Wildman–Crippen LogP) is 4.95. The molecule has 0 unspecified atom stereocenters. The lowest BCUT2D eigenvalue weighted by atomic mass is 10.1. The zero-order chi connectivity index (χ0) is 23.9. The van der Waals surface area contributed by atoms with Crippen molar-refractivity contribution < 1.29 is 14.3 Å². The topological polar surface area (TPSA) is 88.3 Å². The van der Waals surface area contributed by atoms with Gasteiger partial charge in [-0.15, -0.1) is 0 Å². The van der Waals surface area contributed by atoms with Crippen LogP contribution in [0.3, 0.4) is 0 Å². The van der Waals surface area contributed by atoms with Gasteiger partial charge in [-0.25, -0.2) is 4.98 Å². The van der Waals surface area contributed by atoms with Crippen molar-refractivity contribution in [2.24, 2.45) is 0 Å². The van der Waals surface area contributed by atoms with Gasteiger partial charge in [-0.2, -0.15) is 0 Å². The first-order valence-corrected chi connectivity index (χ1v) is 11.3. The average Bonchev–Trinajstić information content (AvgIpc) is 2.85. The molecule has 3 N–H and O–H groups in total. The van der Waals surface area contributed by atoms with Gasteiger partial charge in [-0.3, -0.25) is 4.79 Å². The average molecular weight is 475 g/mol. The zero-order valence-electron chi connectivity index (χ0n) is 19.1. The van der Waals surface area contributed by atoms with Gasteiger partial charge in [-0.1, -0.05) is 30.3 Å². The maximum Gasteiger partial charge on any atom is 0.224 e. The molecule has 7 nitrogen and oxygen atoms in total. The second-order valence-electron chi connectivity index (χ2n) is 7.72. The molecule has 8 heteroatoms. The van der Waals surface area contributed by atoms with E-state index in [1.807, 2.05) is 66.7 Å². The van der Waals surface area contributed by atoms with Crippen molar-refractivity contribution in [3.63, 3.8) is 0 Å². The van der Waals surface area contributed by atoms with E-state index in [1.54, 1.807) is 14.2 Å². The second-order valence-corrected chi connectivity index (χ2v) is 8.11. The summed E-state index contributed by atoms with van der Waals surface area (Å²) in [6, 6.07) is 21.3. The summed E-state index contributed by atoms with van der Waals surface area (Å²) < 4.78 is 11.0. The molecule has 3 aromatic carbocycles. The smallest absolute Gasteiger partial charge is 0.224 e. The molecule has 1 aromatic heterocycles. The van der Waals surface area contributed by atoms with Crippen LogP contribution in [0.25, 0.3) is 10.9 Å². The summed E-state index contributed by atoms with van der Waals surface area (Å²) >= 11 is 5.24. The van der Waals surface area contributed by atoms with Gasteiger partial charge in [0.25, 0.3) is 0 Å². The summed E-state index contributed by atoms with van der Waals surface area (Å²) in [5.41, 5.74) is 3.79. The number of benzene rings is 3. The number of hydrogen-bond donors (Lipinski definition) is 3. The Kier molecular flexibility index (Phi) is 7.39. The molecule has 1 amide bonds. The number of anilines is 2. The van der Waals surface area contributed by atoms with Crippen molar-refractivity contribution >= 4 is 40.5 Å². The minimum Gasteiger partial charge on any atom is -0.493 e. The molecule has 34 heavy (non-hydrogen) atoms.